The van der Waals surface area contributed by atoms with E-state index in [4.69, 9.17) is 4.74 Å². The number of carbonyl (C=O) groups excluding carboxylic acids is 2. The summed E-state index contributed by atoms with van der Waals surface area (Å²) in [7, 11) is 0. The van der Waals surface area contributed by atoms with Crippen LogP contribution >= 0.6 is 0 Å². The molecule has 0 heterocycles. The molecule has 5 nitrogen and oxygen atoms in total. The summed E-state index contributed by atoms with van der Waals surface area (Å²) in [5.74, 6) is 0.129. The highest BCUT2D eigenvalue weighted by atomic mass is 16.5. The number of rotatable bonds is 5. The maximum atomic E-state index is 12.0. The Labute approximate surface area is 137 Å². The first-order chi connectivity index (χ1) is 11.1. The van der Waals surface area contributed by atoms with Crippen molar-refractivity contribution in [2.45, 2.75) is 52.1 Å². The molecular weight excluding hydrogens is 292 g/mol. The van der Waals surface area contributed by atoms with E-state index < -0.39 is 11.8 Å². The zero-order valence-corrected chi connectivity index (χ0v) is 13.9. The summed E-state index contributed by atoms with van der Waals surface area (Å²) in [5, 5.41) is 5.52. The van der Waals surface area contributed by atoms with Crippen molar-refractivity contribution in [3.8, 4) is 5.75 Å². The third-order valence-electron chi connectivity index (χ3n) is 4.32. The molecule has 23 heavy (non-hydrogen) atoms. The average molecular weight is 318 g/mol. The van der Waals surface area contributed by atoms with Crippen molar-refractivity contribution in [1.82, 2.24) is 10.6 Å². The number of hydrogen-bond acceptors (Lipinski definition) is 3. The minimum absolute atomic E-state index is 0.118. The van der Waals surface area contributed by atoms with E-state index in [9.17, 15) is 9.59 Å². The molecule has 5 heteroatoms. The minimum Gasteiger partial charge on any atom is -0.494 e. The first kappa shape index (κ1) is 17.3. The molecule has 0 spiro atoms. The standard InChI is InChI=1S/C18H26N2O3/c1-3-23-15-10-8-14(9-11-15)12-19-17(21)18(22)20-16-7-5-4-6-13(16)2/h8-11,13,16H,3-7,12H2,1-2H3,(H,19,21)(H,20,22)/t13-,16+/m0/s1. The first-order valence-corrected chi connectivity index (χ1v) is 8.40. The third-order valence-corrected chi connectivity index (χ3v) is 4.32. The second kappa shape index (κ2) is 8.56. The van der Waals surface area contributed by atoms with Gasteiger partial charge >= 0.3 is 11.8 Å². The molecular formula is C18H26N2O3. The number of benzene rings is 1. The van der Waals surface area contributed by atoms with Gasteiger partial charge in [0.2, 0.25) is 0 Å². The number of amides is 2. The molecule has 2 N–H and O–H groups in total. The van der Waals surface area contributed by atoms with Gasteiger partial charge in [0.05, 0.1) is 6.61 Å². The van der Waals surface area contributed by atoms with Crippen LogP contribution in [0.1, 0.15) is 45.1 Å². The lowest BCUT2D eigenvalue weighted by molar-refractivity contribution is -0.140. The van der Waals surface area contributed by atoms with E-state index >= 15 is 0 Å². The Hall–Kier alpha value is -2.04. The van der Waals surface area contributed by atoms with E-state index in [1.54, 1.807) is 0 Å². The van der Waals surface area contributed by atoms with Gasteiger partial charge in [-0.05, 0) is 43.4 Å². The summed E-state index contributed by atoms with van der Waals surface area (Å²) in [4.78, 5) is 23.9. The summed E-state index contributed by atoms with van der Waals surface area (Å²) >= 11 is 0. The van der Waals surface area contributed by atoms with Crippen molar-refractivity contribution < 1.29 is 14.3 Å². The maximum absolute atomic E-state index is 12.0. The molecule has 2 atom stereocenters. The van der Waals surface area contributed by atoms with Crippen molar-refractivity contribution in [2.75, 3.05) is 6.61 Å². The fourth-order valence-electron chi connectivity index (χ4n) is 2.90. The molecule has 0 unspecified atom stereocenters. The molecule has 1 aromatic rings. The fourth-order valence-corrected chi connectivity index (χ4v) is 2.90. The number of ether oxygens (including phenoxy) is 1. The fraction of sp³-hybridized carbons (Fsp3) is 0.556. The molecule has 0 radical (unpaired) electrons. The highest BCUT2D eigenvalue weighted by molar-refractivity contribution is 6.35. The predicted octanol–water partition coefficient (Wildman–Crippen LogP) is 2.40. The molecule has 1 saturated carbocycles. The minimum atomic E-state index is -0.573. The van der Waals surface area contributed by atoms with Crippen molar-refractivity contribution >= 4 is 11.8 Å². The zero-order chi connectivity index (χ0) is 16.7. The molecule has 1 aliphatic carbocycles. The molecule has 2 amide bonds. The zero-order valence-electron chi connectivity index (χ0n) is 13.9. The summed E-state index contributed by atoms with van der Waals surface area (Å²) in [6.45, 7) is 5.01. The second-order valence-corrected chi connectivity index (χ2v) is 6.10. The van der Waals surface area contributed by atoms with Crippen LogP contribution in [0.15, 0.2) is 24.3 Å². The SMILES string of the molecule is CCOc1ccc(CNC(=O)C(=O)N[C@@H]2CCCC[C@@H]2C)cc1. The Kier molecular flexibility index (Phi) is 6.44. The normalized spacial score (nSPS) is 20.6. The Balaban J connectivity index is 1.78. The molecule has 126 valence electrons. The van der Waals surface area contributed by atoms with Crippen molar-refractivity contribution in [1.29, 1.82) is 0 Å². The molecule has 1 fully saturated rings. The van der Waals surface area contributed by atoms with Gasteiger partial charge in [-0.25, -0.2) is 0 Å². The molecule has 1 aromatic carbocycles. The van der Waals surface area contributed by atoms with Crippen LogP contribution in [-0.4, -0.2) is 24.5 Å². The lowest BCUT2D eigenvalue weighted by Crippen LogP contribution is -2.47. The van der Waals surface area contributed by atoms with E-state index in [-0.39, 0.29) is 6.04 Å². The second-order valence-electron chi connectivity index (χ2n) is 6.10. The van der Waals surface area contributed by atoms with Gasteiger partial charge in [0.1, 0.15) is 5.75 Å². The van der Waals surface area contributed by atoms with E-state index in [1.807, 2.05) is 31.2 Å². The summed E-state index contributed by atoms with van der Waals surface area (Å²) < 4.78 is 5.37. The van der Waals surface area contributed by atoms with E-state index in [2.05, 4.69) is 17.6 Å². The van der Waals surface area contributed by atoms with Gasteiger partial charge in [0.15, 0.2) is 0 Å². The van der Waals surface area contributed by atoms with Crippen molar-refractivity contribution in [2.24, 2.45) is 5.92 Å². The molecule has 0 bridgehead atoms. The van der Waals surface area contributed by atoms with E-state index in [0.717, 1.165) is 30.6 Å². The molecule has 0 aromatic heterocycles. The topological polar surface area (TPSA) is 67.4 Å². The Morgan fingerprint density at radius 1 is 1.13 bits per heavy atom. The van der Waals surface area contributed by atoms with Crippen LogP contribution < -0.4 is 15.4 Å². The highest BCUT2D eigenvalue weighted by Crippen LogP contribution is 2.23. The van der Waals surface area contributed by atoms with Crippen LogP contribution in [0.2, 0.25) is 0 Å². The average Bonchev–Trinajstić information content (AvgIpc) is 2.56. The van der Waals surface area contributed by atoms with Crippen molar-refractivity contribution in [3.05, 3.63) is 29.8 Å². The van der Waals surface area contributed by atoms with Gasteiger partial charge in [-0.2, -0.15) is 0 Å². The first-order valence-electron chi connectivity index (χ1n) is 8.40. The lowest BCUT2D eigenvalue weighted by Gasteiger charge is -2.29. The van der Waals surface area contributed by atoms with Gasteiger partial charge in [-0.1, -0.05) is 31.9 Å². The molecule has 0 saturated heterocycles. The van der Waals surface area contributed by atoms with Gasteiger partial charge in [-0.15, -0.1) is 0 Å². The van der Waals surface area contributed by atoms with Crippen LogP contribution in [-0.2, 0) is 16.1 Å². The van der Waals surface area contributed by atoms with Crippen LogP contribution in [0, 0.1) is 5.92 Å². The third kappa shape index (κ3) is 5.27. The highest BCUT2D eigenvalue weighted by Gasteiger charge is 2.25. The maximum Gasteiger partial charge on any atom is 0.309 e. The largest absolute Gasteiger partial charge is 0.494 e. The number of nitrogens with one attached hydrogen (secondary N) is 2. The van der Waals surface area contributed by atoms with Crippen molar-refractivity contribution in [3.63, 3.8) is 0 Å². The van der Waals surface area contributed by atoms with Crippen LogP contribution in [0.3, 0.4) is 0 Å². The van der Waals surface area contributed by atoms with Gasteiger partial charge in [0, 0.05) is 12.6 Å². The van der Waals surface area contributed by atoms with Crippen LogP contribution in [0.25, 0.3) is 0 Å². The Bertz CT molecular complexity index is 528. The molecule has 2 rings (SSSR count). The van der Waals surface area contributed by atoms with E-state index in [0.29, 0.717) is 19.1 Å². The van der Waals surface area contributed by atoms with Crippen LogP contribution in [0.5, 0.6) is 5.75 Å². The molecule has 1 aliphatic rings. The summed E-state index contributed by atoms with van der Waals surface area (Å²) in [6.07, 6.45) is 4.39. The smallest absolute Gasteiger partial charge is 0.309 e. The number of hydrogen-bond donors (Lipinski definition) is 2. The predicted molar refractivity (Wildman–Crippen MR) is 89.0 cm³/mol. The van der Waals surface area contributed by atoms with Gasteiger partial charge < -0.3 is 15.4 Å². The number of carbonyl (C=O) groups is 2. The Morgan fingerprint density at radius 2 is 1.83 bits per heavy atom. The summed E-state index contributed by atoms with van der Waals surface area (Å²) in [6, 6.07) is 7.59. The van der Waals surface area contributed by atoms with Gasteiger partial charge in [-0.3, -0.25) is 9.59 Å². The van der Waals surface area contributed by atoms with Gasteiger partial charge in [0.25, 0.3) is 0 Å². The lowest BCUT2D eigenvalue weighted by atomic mass is 9.86. The van der Waals surface area contributed by atoms with Crippen LogP contribution in [0.4, 0.5) is 0 Å². The van der Waals surface area contributed by atoms with E-state index in [1.165, 1.54) is 6.42 Å². The summed E-state index contributed by atoms with van der Waals surface area (Å²) in [5.41, 5.74) is 0.931. The monoisotopic (exact) mass is 318 g/mol. The quantitative estimate of drug-likeness (QED) is 0.819. The Morgan fingerprint density at radius 3 is 2.48 bits per heavy atom. The molecule has 0 aliphatic heterocycles.